The van der Waals surface area contributed by atoms with Gasteiger partial charge in [-0.15, -0.1) is 0 Å². The number of nitro groups is 1. The van der Waals surface area contributed by atoms with E-state index in [-0.39, 0.29) is 11.4 Å². The number of ether oxygens (including phenoxy) is 2. The monoisotopic (exact) mass is 378 g/mol. The first-order valence-corrected chi connectivity index (χ1v) is 7.82. The van der Waals surface area contributed by atoms with Gasteiger partial charge in [0.25, 0.3) is 11.6 Å². The molecule has 1 N–H and O–H groups in total. The minimum atomic E-state index is -0.756. The number of rotatable bonds is 7. The molecule has 1 amide bonds. The molecule has 0 bridgehead atoms. The van der Waals surface area contributed by atoms with E-state index >= 15 is 0 Å². The van der Waals surface area contributed by atoms with Crippen molar-refractivity contribution in [1.29, 1.82) is 0 Å². The number of nitrogens with one attached hydrogen (secondary N) is 1. The zero-order chi connectivity index (χ0) is 19.1. The van der Waals surface area contributed by atoms with Crippen molar-refractivity contribution in [2.24, 2.45) is 0 Å². The smallest absolute Gasteiger partial charge is 0.344 e. The van der Waals surface area contributed by atoms with Crippen LogP contribution in [-0.2, 0) is 14.3 Å². The van der Waals surface area contributed by atoms with Gasteiger partial charge in [-0.2, -0.15) is 0 Å². The summed E-state index contributed by atoms with van der Waals surface area (Å²) in [4.78, 5) is 33.4. The number of hydrogen-bond acceptors (Lipinski definition) is 6. The minimum absolute atomic E-state index is 0.0913. The summed E-state index contributed by atoms with van der Waals surface area (Å²) >= 11 is 6.00. The maximum absolute atomic E-state index is 11.8. The van der Waals surface area contributed by atoms with Crippen molar-refractivity contribution in [3.05, 3.63) is 63.2 Å². The molecule has 136 valence electrons. The summed E-state index contributed by atoms with van der Waals surface area (Å²) in [5, 5.41) is 13.5. The highest BCUT2D eigenvalue weighted by Crippen LogP contribution is 2.22. The number of nitrogens with zero attached hydrogens (tertiary/aromatic N) is 1. The second-order valence-corrected chi connectivity index (χ2v) is 5.64. The lowest BCUT2D eigenvalue weighted by molar-refractivity contribution is -0.384. The topological polar surface area (TPSA) is 108 Å². The van der Waals surface area contributed by atoms with Crippen LogP contribution in [0, 0.1) is 17.0 Å². The third-order valence-electron chi connectivity index (χ3n) is 3.17. The highest BCUT2D eigenvalue weighted by atomic mass is 35.5. The van der Waals surface area contributed by atoms with Gasteiger partial charge in [-0.1, -0.05) is 17.7 Å². The lowest BCUT2D eigenvalue weighted by atomic mass is 10.2. The first-order chi connectivity index (χ1) is 12.3. The molecule has 0 radical (unpaired) electrons. The molecule has 0 fully saturated rings. The Labute approximate surface area is 153 Å². The fourth-order valence-electron chi connectivity index (χ4n) is 1.90. The van der Waals surface area contributed by atoms with Crippen molar-refractivity contribution in [2.45, 2.75) is 6.92 Å². The number of aryl methyl sites for hydroxylation is 1. The van der Waals surface area contributed by atoms with Crippen LogP contribution < -0.4 is 10.1 Å². The van der Waals surface area contributed by atoms with Crippen molar-refractivity contribution in [3.8, 4) is 5.75 Å². The number of benzene rings is 2. The lowest BCUT2D eigenvalue weighted by Crippen LogP contribution is -2.23. The molecule has 9 heteroatoms. The molecule has 8 nitrogen and oxygen atoms in total. The summed E-state index contributed by atoms with van der Waals surface area (Å²) in [5.74, 6) is -1.03. The number of esters is 1. The van der Waals surface area contributed by atoms with Crippen LogP contribution in [0.4, 0.5) is 11.4 Å². The Bertz CT molecular complexity index is 823. The number of carbonyl (C=O) groups excluding carboxylic acids is 2. The zero-order valence-corrected chi connectivity index (χ0v) is 14.5. The lowest BCUT2D eigenvalue weighted by Gasteiger charge is -2.09. The Morgan fingerprint density at radius 1 is 1.15 bits per heavy atom. The van der Waals surface area contributed by atoms with E-state index in [1.807, 2.05) is 6.92 Å². The van der Waals surface area contributed by atoms with Gasteiger partial charge in [0.1, 0.15) is 5.75 Å². The molecule has 0 spiro atoms. The van der Waals surface area contributed by atoms with Gasteiger partial charge in [-0.05, 0) is 36.8 Å². The highest BCUT2D eigenvalue weighted by Gasteiger charge is 2.11. The van der Waals surface area contributed by atoms with Gasteiger partial charge in [0.05, 0.1) is 15.6 Å². The molecule has 0 unspecified atom stereocenters. The molecule has 2 rings (SSSR count). The highest BCUT2D eigenvalue weighted by molar-refractivity contribution is 6.33. The summed E-state index contributed by atoms with van der Waals surface area (Å²) < 4.78 is 9.93. The third kappa shape index (κ3) is 5.75. The van der Waals surface area contributed by atoms with Gasteiger partial charge in [0, 0.05) is 12.1 Å². The van der Waals surface area contributed by atoms with E-state index in [9.17, 15) is 19.7 Å². The Morgan fingerprint density at radius 3 is 2.46 bits per heavy atom. The Morgan fingerprint density at radius 2 is 1.85 bits per heavy atom. The number of halogens is 1. The van der Waals surface area contributed by atoms with Gasteiger partial charge in [-0.25, -0.2) is 4.79 Å². The quantitative estimate of drug-likeness (QED) is 0.450. The second kappa shape index (κ2) is 8.82. The standard InChI is InChI=1S/C17H15ClN2O6/c1-11-2-7-15(14(18)8-11)19-16(21)9-26-17(22)10-25-13-5-3-12(4-6-13)20(23)24/h2-8H,9-10H2,1H3,(H,19,21). The molecule has 26 heavy (non-hydrogen) atoms. The van der Waals surface area contributed by atoms with E-state index < -0.39 is 30.0 Å². The molecule has 0 saturated heterocycles. The molecule has 2 aromatic carbocycles. The van der Waals surface area contributed by atoms with E-state index in [4.69, 9.17) is 21.1 Å². The van der Waals surface area contributed by atoms with Gasteiger partial charge in [0.15, 0.2) is 13.2 Å². The van der Waals surface area contributed by atoms with Crippen molar-refractivity contribution in [3.63, 3.8) is 0 Å². The predicted molar refractivity (Wildman–Crippen MR) is 94.4 cm³/mol. The number of hydrogen-bond donors (Lipinski definition) is 1. The van der Waals surface area contributed by atoms with E-state index in [1.54, 1.807) is 18.2 Å². The Balaban J connectivity index is 1.75. The first kappa shape index (κ1) is 19.2. The van der Waals surface area contributed by atoms with Gasteiger partial charge in [0.2, 0.25) is 0 Å². The molecule has 0 heterocycles. The summed E-state index contributed by atoms with van der Waals surface area (Å²) in [7, 11) is 0. The first-order valence-electron chi connectivity index (χ1n) is 7.44. The van der Waals surface area contributed by atoms with Crippen LogP contribution in [0.15, 0.2) is 42.5 Å². The molecule has 0 aliphatic carbocycles. The average molecular weight is 379 g/mol. The van der Waals surface area contributed by atoms with Crippen LogP contribution >= 0.6 is 11.6 Å². The molecule has 0 atom stereocenters. The number of non-ortho nitro benzene ring substituents is 1. The van der Waals surface area contributed by atoms with Gasteiger partial charge >= 0.3 is 5.97 Å². The number of amides is 1. The van der Waals surface area contributed by atoms with Gasteiger partial charge < -0.3 is 14.8 Å². The third-order valence-corrected chi connectivity index (χ3v) is 3.48. The van der Waals surface area contributed by atoms with Crippen molar-refractivity contribution in [1.82, 2.24) is 0 Å². The van der Waals surface area contributed by atoms with Crippen molar-refractivity contribution < 1.29 is 24.0 Å². The molecular formula is C17H15ClN2O6. The van der Waals surface area contributed by atoms with Crippen LogP contribution in [0.2, 0.25) is 5.02 Å². The second-order valence-electron chi connectivity index (χ2n) is 5.23. The number of anilines is 1. The number of nitro benzene ring substituents is 1. The van der Waals surface area contributed by atoms with Crippen molar-refractivity contribution in [2.75, 3.05) is 18.5 Å². The van der Waals surface area contributed by atoms with E-state index in [0.717, 1.165) is 5.56 Å². The van der Waals surface area contributed by atoms with Crippen LogP contribution in [0.25, 0.3) is 0 Å². The maximum atomic E-state index is 11.8. The van der Waals surface area contributed by atoms with E-state index in [1.165, 1.54) is 24.3 Å². The largest absolute Gasteiger partial charge is 0.482 e. The van der Waals surface area contributed by atoms with Crippen LogP contribution in [0.3, 0.4) is 0 Å². The summed E-state index contributed by atoms with van der Waals surface area (Å²) in [6.45, 7) is 0.938. The Kier molecular flexibility index (Phi) is 6.51. The predicted octanol–water partition coefficient (Wildman–Crippen LogP) is 3.12. The molecule has 0 aliphatic rings. The molecule has 0 aliphatic heterocycles. The molecule has 0 saturated carbocycles. The summed E-state index contributed by atoms with van der Waals surface area (Å²) in [6.07, 6.45) is 0. The summed E-state index contributed by atoms with van der Waals surface area (Å²) in [6, 6.07) is 10.3. The summed E-state index contributed by atoms with van der Waals surface area (Å²) in [5.41, 5.74) is 1.27. The number of carbonyl (C=O) groups is 2. The molecule has 2 aromatic rings. The fraction of sp³-hybridized carbons (Fsp3) is 0.176. The SMILES string of the molecule is Cc1ccc(NC(=O)COC(=O)COc2ccc([N+](=O)[O-])cc2)c(Cl)c1. The van der Waals surface area contributed by atoms with E-state index in [2.05, 4.69) is 5.32 Å². The van der Waals surface area contributed by atoms with Crippen LogP contribution in [0.5, 0.6) is 5.75 Å². The van der Waals surface area contributed by atoms with E-state index in [0.29, 0.717) is 10.7 Å². The molecular weight excluding hydrogens is 364 g/mol. The minimum Gasteiger partial charge on any atom is -0.482 e. The van der Waals surface area contributed by atoms with Crippen LogP contribution in [-0.4, -0.2) is 30.0 Å². The molecule has 0 aromatic heterocycles. The van der Waals surface area contributed by atoms with Crippen molar-refractivity contribution >= 4 is 34.9 Å². The van der Waals surface area contributed by atoms with Crippen LogP contribution in [0.1, 0.15) is 5.56 Å². The fourth-order valence-corrected chi connectivity index (χ4v) is 2.18. The Hall–Kier alpha value is -3.13. The maximum Gasteiger partial charge on any atom is 0.344 e. The average Bonchev–Trinajstić information content (AvgIpc) is 2.61. The van der Waals surface area contributed by atoms with Gasteiger partial charge in [-0.3, -0.25) is 14.9 Å². The normalized spacial score (nSPS) is 10.1. The zero-order valence-electron chi connectivity index (χ0n) is 13.7.